The first-order valence-electron chi connectivity index (χ1n) is 9.97. The SMILES string of the molecule is CCCN(C(=O)OCC1c2ccccc2-c2ccccc21)C(C(=O)O)c1ncc(Cl)s1. The summed E-state index contributed by atoms with van der Waals surface area (Å²) in [7, 11) is 0. The molecule has 1 amide bonds. The maximum atomic E-state index is 13.0. The van der Waals surface area contributed by atoms with E-state index in [1.54, 1.807) is 0 Å². The fraction of sp³-hybridized carbons (Fsp3) is 0.261. The van der Waals surface area contributed by atoms with Gasteiger partial charge in [0.15, 0.2) is 6.04 Å². The van der Waals surface area contributed by atoms with Gasteiger partial charge in [0.2, 0.25) is 0 Å². The zero-order chi connectivity index (χ0) is 22.0. The number of nitrogens with zero attached hydrogens (tertiary/aromatic N) is 2. The number of hydrogen-bond acceptors (Lipinski definition) is 5. The van der Waals surface area contributed by atoms with Crippen LogP contribution in [0.25, 0.3) is 11.1 Å². The number of carboxylic acids is 1. The van der Waals surface area contributed by atoms with Crippen molar-refractivity contribution in [1.29, 1.82) is 0 Å². The maximum absolute atomic E-state index is 13.0. The van der Waals surface area contributed by atoms with Gasteiger partial charge in [-0.3, -0.25) is 4.90 Å². The van der Waals surface area contributed by atoms with Crippen LogP contribution < -0.4 is 0 Å². The number of carboxylic acid groups (broad SMARTS) is 1. The number of hydrogen-bond donors (Lipinski definition) is 1. The summed E-state index contributed by atoms with van der Waals surface area (Å²) in [5, 5.41) is 10.0. The number of aromatic nitrogens is 1. The van der Waals surface area contributed by atoms with Crippen molar-refractivity contribution in [2.75, 3.05) is 13.2 Å². The van der Waals surface area contributed by atoms with Crippen molar-refractivity contribution in [2.45, 2.75) is 25.3 Å². The van der Waals surface area contributed by atoms with Crippen molar-refractivity contribution in [1.82, 2.24) is 9.88 Å². The predicted molar refractivity (Wildman–Crippen MR) is 120 cm³/mol. The van der Waals surface area contributed by atoms with Gasteiger partial charge in [-0.15, -0.1) is 11.3 Å². The third kappa shape index (κ3) is 4.16. The largest absolute Gasteiger partial charge is 0.479 e. The molecule has 31 heavy (non-hydrogen) atoms. The molecule has 160 valence electrons. The number of thiazole rings is 1. The minimum absolute atomic E-state index is 0.0996. The Labute approximate surface area is 189 Å². The Bertz CT molecular complexity index is 1070. The number of amides is 1. The van der Waals surface area contributed by atoms with Crippen LogP contribution in [-0.2, 0) is 9.53 Å². The lowest BCUT2D eigenvalue weighted by Gasteiger charge is -2.27. The van der Waals surface area contributed by atoms with Crippen LogP contribution >= 0.6 is 22.9 Å². The van der Waals surface area contributed by atoms with E-state index in [9.17, 15) is 14.7 Å². The van der Waals surface area contributed by atoms with Gasteiger partial charge >= 0.3 is 12.1 Å². The highest BCUT2D eigenvalue weighted by atomic mass is 35.5. The topological polar surface area (TPSA) is 79.7 Å². The standard InChI is InChI=1S/C23H21ClN2O4S/c1-2-11-26(20(22(27)28)21-25-12-19(24)31-21)23(29)30-13-18-16-9-5-3-7-14(16)15-8-4-6-10-17(15)18/h3-10,12,18,20H,2,11,13H2,1H3,(H,27,28). The lowest BCUT2D eigenvalue weighted by molar-refractivity contribution is -0.143. The molecule has 0 radical (unpaired) electrons. The third-order valence-electron chi connectivity index (χ3n) is 5.31. The number of rotatable bonds is 7. The molecule has 8 heteroatoms. The molecule has 1 aromatic heterocycles. The molecule has 0 saturated carbocycles. The highest BCUT2D eigenvalue weighted by molar-refractivity contribution is 7.16. The monoisotopic (exact) mass is 456 g/mol. The van der Waals surface area contributed by atoms with Crippen LogP contribution in [0.1, 0.15) is 41.4 Å². The van der Waals surface area contributed by atoms with Crippen molar-refractivity contribution >= 4 is 35.0 Å². The van der Waals surface area contributed by atoms with E-state index in [0.717, 1.165) is 33.6 Å². The molecule has 1 atom stereocenters. The van der Waals surface area contributed by atoms with Crippen molar-refractivity contribution < 1.29 is 19.4 Å². The van der Waals surface area contributed by atoms with Gasteiger partial charge < -0.3 is 9.84 Å². The quantitative estimate of drug-likeness (QED) is 0.501. The van der Waals surface area contributed by atoms with Crippen LogP contribution in [0.4, 0.5) is 4.79 Å². The van der Waals surface area contributed by atoms with Crippen LogP contribution in [0.3, 0.4) is 0 Å². The molecule has 0 saturated heterocycles. The van der Waals surface area contributed by atoms with Crippen molar-refractivity contribution in [2.24, 2.45) is 0 Å². The van der Waals surface area contributed by atoms with E-state index < -0.39 is 18.1 Å². The van der Waals surface area contributed by atoms with Crippen LogP contribution in [0.5, 0.6) is 0 Å². The molecule has 1 unspecified atom stereocenters. The van der Waals surface area contributed by atoms with Gasteiger partial charge in [-0.05, 0) is 28.7 Å². The molecular formula is C23H21ClN2O4S. The molecule has 0 fully saturated rings. The summed E-state index contributed by atoms with van der Waals surface area (Å²) < 4.78 is 6.05. The lowest BCUT2D eigenvalue weighted by atomic mass is 9.98. The number of ether oxygens (including phenoxy) is 1. The molecule has 1 heterocycles. The summed E-state index contributed by atoms with van der Waals surface area (Å²) in [6, 6.07) is 14.9. The Balaban J connectivity index is 1.57. The Kier molecular flexibility index (Phi) is 6.25. The fourth-order valence-corrected chi connectivity index (χ4v) is 5.05. The van der Waals surface area contributed by atoms with Gasteiger partial charge in [-0.1, -0.05) is 67.1 Å². The Hall–Kier alpha value is -2.90. The van der Waals surface area contributed by atoms with Crippen LogP contribution in [0, 0.1) is 0 Å². The minimum Gasteiger partial charge on any atom is -0.479 e. The molecule has 4 rings (SSSR count). The first kappa shape index (κ1) is 21.3. The van der Waals surface area contributed by atoms with E-state index in [1.165, 1.54) is 11.1 Å². The summed E-state index contributed by atoms with van der Waals surface area (Å²) in [4.78, 5) is 30.3. The van der Waals surface area contributed by atoms with Crippen LogP contribution in [0.2, 0.25) is 4.34 Å². The average molecular weight is 457 g/mol. The van der Waals surface area contributed by atoms with E-state index in [2.05, 4.69) is 17.1 Å². The Morgan fingerprint density at radius 1 is 1.16 bits per heavy atom. The van der Waals surface area contributed by atoms with Crippen molar-refractivity contribution in [3.63, 3.8) is 0 Å². The first-order valence-corrected chi connectivity index (χ1v) is 11.2. The minimum atomic E-state index is -1.24. The van der Waals surface area contributed by atoms with Crippen molar-refractivity contribution in [3.8, 4) is 11.1 Å². The zero-order valence-electron chi connectivity index (χ0n) is 16.8. The maximum Gasteiger partial charge on any atom is 0.410 e. The fourth-order valence-electron chi connectivity index (χ4n) is 4.01. The molecule has 0 spiro atoms. The normalized spacial score (nSPS) is 13.4. The molecule has 0 aliphatic heterocycles. The van der Waals surface area contributed by atoms with E-state index in [4.69, 9.17) is 16.3 Å². The van der Waals surface area contributed by atoms with Gasteiger partial charge in [0.25, 0.3) is 0 Å². The van der Waals surface area contributed by atoms with Gasteiger partial charge in [-0.2, -0.15) is 0 Å². The molecule has 1 N–H and O–H groups in total. The van der Waals surface area contributed by atoms with Gasteiger partial charge in [0.05, 0.1) is 6.20 Å². The highest BCUT2D eigenvalue weighted by Crippen LogP contribution is 2.44. The second-order valence-electron chi connectivity index (χ2n) is 7.24. The zero-order valence-corrected chi connectivity index (χ0v) is 18.4. The third-order valence-corrected chi connectivity index (χ3v) is 6.48. The molecule has 1 aliphatic rings. The number of benzene rings is 2. The number of aliphatic carboxylic acids is 1. The van der Waals surface area contributed by atoms with Crippen LogP contribution in [-0.4, -0.2) is 40.2 Å². The average Bonchev–Trinajstić information content (AvgIpc) is 3.33. The van der Waals surface area contributed by atoms with Gasteiger partial charge in [-0.25, -0.2) is 14.6 Å². The summed E-state index contributed by atoms with van der Waals surface area (Å²) in [5.74, 6) is -1.27. The highest BCUT2D eigenvalue weighted by Gasteiger charge is 2.35. The number of halogens is 1. The second-order valence-corrected chi connectivity index (χ2v) is 8.93. The summed E-state index contributed by atoms with van der Waals surface area (Å²) in [6.07, 6.45) is 1.29. The van der Waals surface area contributed by atoms with E-state index >= 15 is 0 Å². The van der Waals surface area contributed by atoms with Crippen molar-refractivity contribution in [3.05, 3.63) is 75.2 Å². The smallest absolute Gasteiger partial charge is 0.410 e. The molecule has 0 bridgehead atoms. The van der Waals surface area contributed by atoms with Gasteiger partial charge in [0.1, 0.15) is 16.0 Å². The van der Waals surface area contributed by atoms with E-state index in [0.29, 0.717) is 10.8 Å². The second kappa shape index (κ2) is 9.08. The summed E-state index contributed by atoms with van der Waals surface area (Å²) >= 11 is 6.99. The Morgan fingerprint density at radius 3 is 2.29 bits per heavy atom. The number of carbonyl (C=O) groups excluding carboxylic acids is 1. The number of fused-ring (bicyclic) bond motifs is 3. The lowest BCUT2D eigenvalue weighted by Crippen LogP contribution is -2.40. The first-order chi connectivity index (χ1) is 15.0. The predicted octanol–water partition coefficient (Wildman–Crippen LogP) is 5.58. The number of carbonyl (C=O) groups is 2. The Morgan fingerprint density at radius 2 is 1.77 bits per heavy atom. The molecule has 6 nitrogen and oxygen atoms in total. The molecular weight excluding hydrogens is 436 g/mol. The van der Waals surface area contributed by atoms with E-state index in [1.807, 2.05) is 43.3 Å². The molecule has 3 aromatic rings. The molecule has 2 aromatic carbocycles. The molecule has 1 aliphatic carbocycles. The summed E-state index contributed by atoms with van der Waals surface area (Å²) in [6.45, 7) is 2.22. The summed E-state index contributed by atoms with van der Waals surface area (Å²) in [5.41, 5.74) is 4.45. The van der Waals surface area contributed by atoms with Crippen LogP contribution in [0.15, 0.2) is 54.7 Å². The van der Waals surface area contributed by atoms with E-state index in [-0.39, 0.29) is 24.1 Å². The van der Waals surface area contributed by atoms with Gasteiger partial charge in [0, 0.05) is 12.5 Å².